The third-order valence-electron chi connectivity index (χ3n) is 4.69. The average Bonchev–Trinajstić information content (AvgIpc) is 2.81. The zero-order chi connectivity index (χ0) is 24.5. The molecule has 0 aliphatic carbocycles. The highest BCUT2D eigenvalue weighted by Crippen LogP contribution is 2.32. The van der Waals surface area contributed by atoms with Crippen LogP contribution in [-0.2, 0) is 11.2 Å². The van der Waals surface area contributed by atoms with Gasteiger partial charge in [-0.15, -0.1) is 0 Å². The largest absolute Gasteiger partial charge is 0.495 e. The number of methoxy groups -OCH3 is 1. The molecule has 180 valence electrons. The van der Waals surface area contributed by atoms with E-state index in [9.17, 15) is 4.79 Å². The predicted molar refractivity (Wildman–Crippen MR) is 136 cm³/mol. The minimum absolute atomic E-state index is 0.0184. The van der Waals surface area contributed by atoms with Crippen molar-refractivity contribution in [2.45, 2.75) is 39.7 Å². The van der Waals surface area contributed by atoms with Crippen LogP contribution < -0.4 is 25.4 Å². The number of rotatable bonds is 11. The van der Waals surface area contributed by atoms with Gasteiger partial charge in [0.25, 0.3) is 0 Å². The van der Waals surface area contributed by atoms with E-state index in [1.54, 1.807) is 13.2 Å². The number of hydrogen-bond donors (Lipinski definition) is 3. The Morgan fingerprint density at radius 1 is 1.09 bits per heavy atom. The van der Waals surface area contributed by atoms with Crippen LogP contribution in [0.4, 0.5) is 23.1 Å². The van der Waals surface area contributed by atoms with Crippen LogP contribution in [0, 0.1) is 0 Å². The van der Waals surface area contributed by atoms with E-state index in [0.717, 1.165) is 17.7 Å². The Morgan fingerprint density at radius 2 is 1.88 bits per heavy atom. The van der Waals surface area contributed by atoms with Gasteiger partial charge in [0.2, 0.25) is 11.9 Å². The van der Waals surface area contributed by atoms with Gasteiger partial charge in [-0.25, -0.2) is 4.98 Å². The molecule has 1 heterocycles. The fraction of sp³-hybridized carbons (Fsp3) is 0.320. The average molecular weight is 484 g/mol. The Balaban J connectivity index is 1.82. The maximum Gasteiger partial charge on any atom is 0.229 e. The van der Waals surface area contributed by atoms with Gasteiger partial charge < -0.3 is 25.4 Å². The lowest BCUT2D eigenvalue weighted by molar-refractivity contribution is -0.120. The molecule has 3 N–H and O–H groups in total. The van der Waals surface area contributed by atoms with Crippen LogP contribution in [0.5, 0.6) is 11.5 Å². The normalized spacial score (nSPS) is 10.6. The third kappa shape index (κ3) is 6.99. The maximum atomic E-state index is 12.1. The van der Waals surface area contributed by atoms with E-state index < -0.39 is 0 Å². The molecule has 0 atom stereocenters. The van der Waals surface area contributed by atoms with Gasteiger partial charge in [-0.05, 0) is 50.1 Å². The van der Waals surface area contributed by atoms with Crippen molar-refractivity contribution < 1.29 is 14.3 Å². The van der Waals surface area contributed by atoms with Crippen LogP contribution in [0.25, 0.3) is 0 Å². The molecule has 0 unspecified atom stereocenters. The van der Waals surface area contributed by atoms with Crippen LogP contribution in [0.3, 0.4) is 0 Å². The van der Waals surface area contributed by atoms with E-state index in [2.05, 4.69) is 25.9 Å². The standard InChI is InChI=1S/C25H30ClN5O3/c1-5-12-27-23(32)14-17-10-11-21(33-4)20(13-17)30-25-28-15-18(26)24(31-25)29-19-8-6-7-9-22(19)34-16(2)3/h6-11,13,15-16H,5,12,14H2,1-4H3,(H,27,32)(H2,28,29,30,31). The van der Waals surface area contributed by atoms with Crippen molar-refractivity contribution in [2.24, 2.45) is 0 Å². The number of carbonyl (C=O) groups is 1. The van der Waals surface area contributed by atoms with E-state index in [1.165, 1.54) is 6.20 Å². The summed E-state index contributed by atoms with van der Waals surface area (Å²) in [6.45, 7) is 6.59. The number of carbonyl (C=O) groups excluding carboxylic acids is 1. The molecular weight excluding hydrogens is 454 g/mol. The molecule has 0 spiro atoms. The number of hydrogen-bond acceptors (Lipinski definition) is 7. The Morgan fingerprint density at radius 3 is 2.62 bits per heavy atom. The predicted octanol–water partition coefficient (Wildman–Crippen LogP) is 5.48. The minimum atomic E-state index is -0.0329. The second kappa shape index (κ2) is 12.1. The SMILES string of the molecule is CCCNC(=O)Cc1ccc(OC)c(Nc2ncc(Cl)c(Nc3ccccc3OC(C)C)n2)c1. The number of ether oxygens (including phenoxy) is 2. The van der Waals surface area contributed by atoms with Gasteiger partial charge in [0.1, 0.15) is 16.5 Å². The van der Waals surface area contributed by atoms with Gasteiger partial charge >= 0.3 is 0 Å². The first-order valence-corrected chi connectivity index (χ1v) is 11.5. The van der Waals surface area contributed by atoms with Crippen molar-refractivity contribution in [3.8, 4) is 11.5 Å². The maximum absolute atomic E-state index is 12.1. The number of amides is 1. The van der Waals surface area contributed by atoms with Gasteiger partial charge in [0, 0.05) is 6.54 Å². The number of nitrogens with zero attached hydrogens (tertiary/aromatic N) is 2. The summed E-state index contributed by atoms with van der Waals surface area (Å²) >= 11 is 6.36. The molecule has 9 heteroatoms. The molecular formula is C25H30ClN5O3. The van der Waals surface area contributed by atoms with Gasteiger partial charge in [-0.3, -0.25) is 4.79 Å². The zero-order valence-electron chi connectivity index (χ0n) is 19.8. The van der Waals surface area contributed by atoms with Crippen LogP contribution in [0.1, 0.15) is 32.8 Å². The van der Waals surface area contributed by atoms with Crippen molar-refractivity contribution in [2.75, 3.05) is 24.3 Å². The molecule has 0 aliphatic heterocycles. The van der Waals surface area contributed by atoms with E-state index in [1.807, 2.05) is 57.2 Å². The second-order valence-corrected chi connectivity index (χ2v) is 8.27. The Labute approximate surface area is 205 Å². The minimum Gasteiger partial charge on any atom is -0.495 e. The molecule has 0 saturated heterocycles. The van der Waals surface area contributed by atoms with Gasteiger partial charge in [-0.2, -0.15) is 4.98 Å². The van der Waals surface area contributed by atoms with Gasteiger partial charge in [-0.1, -0.05) is 36.7 Å². The second-order valence-electron chi connectivity index (χ2n) is 7.86. The summed E-state index contributed by atoms with van der Waals surface area (Å²) in [4.78, 5) is 21.0. The van der Waals surface area contributed by atoms with Crippen LogP contribution in [0.15, 0.2) is 48.7 Å². The molecule has 1 aromatic heterocycles. The summed E-state index contributed by atoms with van der Waals surface area (Å²) in [5, 5.41) is 9.64. The smallest absolute Gasteiger partial charge is 0.229 e. The fourth-order valence-electron chi connectivity index (χ4n) is 3.16. The molecule has 3 aromatic rings. The number of benzene rings is 2. The highest BCUT2D eigenvalue weighted by Gasteiger charge is 2.13. The third-order valence-corrected chi connectivity index (χ3v) is 4.97. The van der Waals surface area contributed by atoms with Gasteiger partial charge in [0.15, 0.2) is 5.82 Å². The van der Waals surface area contributed by atoms with E-state index >= 15 is 0 Å². The molecule has 8 nitrogen and oxygen atoms in total. The van der Waals surface area contributed by atoms with Crippen molar-refractivity contribution in [1.29, 1.82) is 0 Å². The van der Waals surface area contributed by atoms with Gasteiger partial charge in [0.05, 0.1) is 37.2 Å². The lowest BCUT2D eigenvalue weighted by Gasteiger charge is -2.16. The number of nitrogens with one attached hydrogen (secondary N) is 3. The Hall–Kier alpha value is -3.52. The quantitative estimate of drug-likeness (QED) is 0.332. The first-order valence-electron chi connectivity index (χ1n) is 11.2. The van der Waals surface area contributed by atoms with E-state index in [4.69, 9.17) is 21.1 Å². The number of aromatic nitrogens is 2. The summed E-state index contributed by atoms with van der Waals surface area (Å²) in [6.07, 6.45) is 2.68. The topological polar surface area (TPSA) is 97.4 Å². The highest BCUT2D eigenvalue weighted by molar-refractivity contribution is 6.32. The molecule has 3 rings (SSSR count). The fourth-order valence-corrected chi connectivity index (χ4v) is 3.30. The molecule has 0 fully saturated rings. The Kier molecular flexibility index (Phi) is 8.93. The lowest BCUT2D eigenvalue weighted by atomic mass is 10.1. The molecule has 0 aliphatic rings. The monoisotopic (exact) mass is 483 g/mol. The Bertz CT molecular complexity index is 1120. The zero-order valence-corrected chi connectivity index (χ0v) is 20.6. The summed E-state index contributed by atoms with van der Waals surface area (Å²) < 4.78 is 11.3. The van der Waals surface area contributed by atoms with Crippen LogP contribution in [0.2, 0.25) is 5.02 Å². The lowest BCUT2D eigenvalue weighted by Crippen LogP contribution is -2.25. The molecule has 0 saturated carbocycles. The number of halogens is 1. The van der Waals surface area contributed by atoms with Crippen molar-refractivity contribution >= 4 is 40.6 Å². The summed E-state index contributed by atoms with van der Waals surface area (Å²) in [6, 6.07) is 13.1. The van der Waals surface area contributed by atoms with Crippen molar-refractivity contribution in [3.05, 3.63) is 59.2 Å². The first kappa shape index (κ1) is 25.1. The number of para-hydroxylation sites is 2. The number of anilines is 4. The summed E-state index contributed by atoms with van der Waals surface area (Å²) in [5.74, 6) is 2.00. The molecule has 0 bridgehead atoms. The van der Waals surface area contributed by atoms with E-state index in [-0.39, 0.29) is 18.4 Å². The van der Waals surface area contributed by atoms with E-state index in [0.29, 0.717) is 40.5 Å². The van der Waals surface area contributed by atoms with Crippen molar-refractivity contribution in [1.82, 2.24) is 15.3 Å². The summed E-state index contributed by atoms with van der Waals surface area (Å²) in [7, 11) is 1.58. The van der Waals surface area contributed by atoms with Crippen LogP contribution in [-0.4, -0.2) is 35.6 Å². The van der Waals surface area contributed by atoms with Crippen molar-refractivity contribution in [3.63, 3.8) is 0 Å². The molecule has 2 aromatic carbocycles. The molecule has 34 heavy (non-hydrogen) atoms. The molecule has 1 amide bonds. The van der Waals surface area contributed by atoms with Crippen LogP contribution >= 0.6 is 11.6 Å². The highest BCUT2D eigenvalue weighted by atomic mass is 35.5. The first-order chi connectivity index (χ1) is 16.4. The molecule has 0 radical (unpaired) electrons. The summed E-state index contributed by atoms with van der Waals surface area (Å²) in [5.41, 5.74) is 2.21.